The van der Waals surface area contributed by atoms with Gasteiger partial charge in [-0.05, 0) is 12.0 Å². The molecule has 0 aromatic heterocycles. The summed E-state index contributed by atoms with van der Waals surface area (Å²) in [6.07, 6.45) is -1.16. The van der Waals surface area contributed by atoms with E-state index in [2.05, 4.69) is 0 Å². The van der Waals surface area contributed by atoms with Gasteiger partial charge in [-0.2, -0.15) is 0 Å². The monoisotopic (exact) mass is 392 g/mol. The highest BCUT2D eigenvalue weighted by atomic mass is 16.7. The molecule has 5 atom stereocenters. The molecular weight excluding hydrogens is 368 g/mol. The number of phenols is 1. The molecule has 1 aromatic carbocycles. The average molecular weight is 392 g/mol. The molecule has 1 heterocycles. The zero-order valence-corrected chi connectivity index (χ0v) is 15.1. The van der Waals surface area contributed by atoms with Gasteiger partial charge < -0.3 is 35.4 Å². The summed E-state index contributed by atoms with van der Waals surface area (Å²) >= 11 is 0. The Morgan fingerprint density at radius 3 is 2.61 bits per heavy atom. The first-order chi connectivity index (χ1) is 13.3. The summed E-state index contributed by atoms with van der Waals surface area (Å²) in [6.45, 7) is -0.655. The number of ether oxygens (including phenoxy) is 1. The average Bonchev–Trinajstić information content (AvgIpc) is 2.69. The molecule has 3 rings (SSSR count). The van der Waals surface area contributed by atoms with Gasteiger partial charge in [0.05, 0.1) is 6.61 Å². The Labute approximate surface area is 161 Å². The van der Waals surface area contributed by atoms with Crippen LogP contribution in [0.15, 0.2) is 36.4 Å². The summed E-state index contributed by atoms with van der Waals surface area (Å²) in [4.78, 5) is 12.1. The molecule has 0 radical (unpaired) electrons. The fourth-order valence-electron chi connectivity index (χ4n) is 3.53. The normalized spacial score (nSPS) is 33.0. The third-order valence-corrected chi connectivity index (χ3v) is 5.22. The molecule has 2 aliphatic rings. The predicted octanol–water partition coefficient (Wildman–Crippen LogP) is -0.600. The molecule has 0 saturated carbocycles. The minimum Gasteiger partial charge on any atom is -0.507 e. The van der Waals surface area contributed by atoms with Crippen LogP contribution in [0.5, 0.6) is 5.75 Å². The second kappa shape index (κ2) is 8.12. The van der Waals surface area contributed by atoms with Gasteiger partial charge in [0.2, 0.25) is 0 Å². The number of phenolic OH excluding ortho intramolecular Hbond substituents is 1. The summed E-state index contributed by atoms with van der Waals surface area (Å²) in [7, 11) is 0. The Morgan fingerprint density at radius 1 is 1.18 bits per heavy atom. The maximum atomic E-state index is 12.1. The number of ketones is 1. The Bertz CT molecular complexity index is 799. The molecule has 8 heteroatoms. The number of rotatable bonds is 5. The van der Waals surface area contributed by atoms with Gasteiger partial charge in [0.25, 0.3) is 0 Å². The molecule has 1 aliphatic heterocycles. The molecule has 0 bridgehead atoms. The SMILES string of the molecule is O=C1CC=CC=C1c1cccc(CC[C@@]2(O)O[C@H](CO)[C@@H](O)[C@H](O)[C@@H]2O)c1O. The number of aryl methyl sites for hydroxylation is 1. The molecule has 1 aromatic rings. The van der Waals surface area contributed by atoms with E-state index in [0.29, 0.717) is 16.7 Å². The van der Waals surface area contributed by atoms with Crippen molar-refractivity contribution in [2.24, 2.45) is 0 Å². The van der Waals surface area contributed by atoms with E-state index in [1.54, 1.807) is 36.4 Å². The molecule has 0 amide bonds. The fraction of sp³-hybridized carbons (Fsp3) is 0.450. The smallest absolute Gasteiger partial charge is 0.195 e. The molecule has 8 nitrogen and oxygen atoms in total. The van der Waals surface area contributed by atoms with Crippen molar-refractivity contribution in [3.05, 3.63) is 47.6 Å². The molecule has 0 spiro atoms. The van der Waals surface area contributed by atoms with Crippen LogP contribution in [0.1, 0.15) is 24.0 Å². The van der Waals surface area contributed by atoms with Gasteiger partial charge in [0.1, 0.15) is 30.2 Å². The number of Topliss-reactive ketones (excluding diaryl/α,β-unsaturated/α-hetero) is 1. The van der Waals surface area contributed by atoms with E-state index in [1.807, 2.05) is 0 Å². The van der Waals surface area contributed by atoms with E-state index >= 15 is 0 Å². The van der Waals surface area contributed by atoms with Crippen molar-refractivity contribution in [3.63, 3.8) is 0 Å². The highest BCUT2D eigenvalue weighted by molar-refractivity contribution is 6.23. The zero-order valence-electron chi connectivity index (χ0n) is 15.1. The van der Waals surface area contributed by atoms with Crippen LogP contribution in [0.4, 0.5) is 0 Å². The standard InChI is InChI=1S/C20H24O8/c21-10-15-17(24)18(25)19(26)20(27,28-15)9-8-11-4-3-6-13(16(11)23)12-5-1-2-7-14(12)22/h1-6,15,17-19,21,23-27H,7-10H2/t15-,17-,18+,19+,20-/m1/s1. The zero-order chi connectivity index (χ0) is 20.5. The van der Waals surface area contributed by atoms with Crippen molar-refractivity contribution in [2.45, 2.75) is 49.5 Å². The lowest BCUT2D eigenvalue weighted by molar-refractivity contribution is -0.351. The number of aromatic hydroxyl groups is 1. The van der Waals surface area contributed by atoms with Crippen molar-refractivity contribution < 1.29 is 40.2 Å². The number of carbonyl (C=O) groups excluding carboxylic acids is 1. The first-order valence-electron chi connectivity index (χ1n) is 9.05. The Kier molecular flexibility index (Phi) is 5.99. The van der Waals surface area contributed by atoms with Gasteiger partial charge in [-0.1, -0.05) is 36.4 Å². The van der Waals surface area contributed by atoms with Gasteiger partial charge in [-0.3, -0.25) is 4.79 Å². The van der Waals surface area contributed by atoms with Crippen LogP contribution < -0.4 is 0 Å². The number of para-hydroxylation sites is 1. The van der Waals surface area contributed by atoms with Gasteiger partial charge >= 0.3 is 0 Å². The van der Waals surface area contributed by atoms with Crippen molar-refractivity contribution in [3.8, 4) is 5.75 Å². The van der Waals surface area contributed by atoms with Gasteiger partial charge in [-0.25, -0.2) is 0 Å². The fourth-order valence-corrected chi connectivity index (χ4v) is 3.53. The predicted molar refractivity (Wildman–Crippen MR) is 98.1 cm³/mol. The van der Waals surface area contributed by atoms with Crippen LogP contribution in [0.3, 0.4) is 0 Å². The highest BCUT2D eigenvalue weighted by Crippen LogP contribution is 2.35. The van der Waals surface area contributed by atoms with Crippen LogP contribution in [0.2, 0.25) is 0 Å². The van der Waals surface area contributed by atoms with Crippen molar-refractivity contribution in [1.82, 2.24) is 0 Å². The number of allylic oxidation sites excluding steroid dienone is 4. The molecule has 1 fully saturated rings. The lowest BCUT2D eigenvalue weighted by atomic mass is 9.88. The van der Waals surface area contributed by atoms with Crippen LogP contribution in [0.25, 0.3) is 5.57 Å². The van der Waals surface area contributed by atoms with E-state index in [0.717, 1.165) is 0 Å². The number of aliphatic hydroxyl groups excluding tert-OH is 4. The number of hydrogen-bond acceptors (Lipinski definition) is 8. The van der Waals surface area contributed by atoms with Crippen molar-refractivity contribution in [2.75, 3.05) is 6.61 Å². The minimum absolute atomic E-state index is 0.0471. The van der Waals surface area contributed by atoms with E-state index in [9.17, 15) is 35.4 Å². The number of benzene rings is 1. The molecule has 28 heavy (non-hydrogen) atoms. The van der Waals surface area contributed by atoms with E-state index in [4.69, 9.17) is 4.74 Å². The number of aliphatic hydroxyl groups is 5. The second-order valence-corrected chi connectivity index (χ2v) is 7.06. The molecular formula is C20H24O8. The summed E-state index contributed by atoms with van der Waals surface area (Å²) in [5, 5.41) is 60.3. The summed E-state index contributed by atoms with van der Waals surface area (Å²) in [5.41, 5.74) is 1.16. The first-order valence-corrected chi connectivity index (χ1v) is 9.05. The maximum absolute atomic E-state index is 12.1. The largest absolute Gasteiger partial charge is 0.507 e. The number of hydrogen-bond donors (Lipinski definition) is 6. The third-order valence-electron chi connectivity index (χ3n) is 5.22. The van der Waals surface area contributed by atoms with Crippen LogP contribution >= 0.6 is 0 Å². The van der Waals surface area contributed by atoms with Gasteiger partial charge in [-0.15, -0.1) is 0 Å². The topological polar surface area (TPSA) is 148 Å². The van der Waals surface area contributed by atoms with E-state index < -0.39 is 36.8 Å². The maximum Gasteiger partial charge on any atom is 0.195 e. The number of carbonyl (C=O) groups is 1. The summed E-state index contributed by atoms with van der Waals surface area (Å²) in [5.74, 6) is -2.47. The molecule has 152 valence electrons. The second-order valence-electron chi connectivity index (χ2n) is 7.06. The minimum atomic E-state index is -2.23. The first kappa shape index (κ1) is 20.7. The molecule has 1 aliphatic carbocycles. The third kappa shape index (κ3) is 3.75. The van der Waals surface area contributed by atoms with E-state index in [1.165, 1.54) is 0 Å². The van der Waals surface area contributed by atoms with Crippen LogP contribution in [0, 0.1) is 0 Å². The summed E-state index contributed by atoms with van der Waals surface area (Å²) < 4.78 is 5.23. The highest BCUT2D eigenvalue weighted by Gasteiger charge is 2.52. The lowest BCUT2D eigenvalue weighted by Gasteiger charge is -2.45. The quantitative estimate of drug-likeness (QED) is 0.389. The van der Waals surface area contributed by atoms with Crippen molar-refractivity contribution >= 4 is 11.4 Å². The molecule has 1 saturated heterocycles. The Morgan fingerprint density at radius 2 is 1.93 bits per heavy atom. The Balaban J connectivity index is 1.81. The van der Waals surface area contributed by atoms with Gasteiger partial charge in [0, 0.05) is 24.0 Å². The molecule has 0 unspecified atom stereocenters. The lowest BCUT2D eigenvalue weighted by Crippen LogP contribution is -2.65. The van der Waals surface area contributed by atoms with Crippen LogP contribution in [-0.2, 0) is 16.0 Å². The van der Waals surface area contributed by atoms with Crippen molar-refractivity contribution in [1.29, 1.82) is 0 Å². The molecule has 6 N–H and O–H groups in total. The van der Waals surface area contributed by atoms with E-state index in [-0.39, 0.29) is 30.8 Å². The Hall–Kier alpha value is -2.07. The van der Waals surface area contributed by atoms with Gasteiger partial charge in [0.15, 0.2) is 11.6 Å². The van der Waals surface area contributed by atoms with Crippen LogP contribution in [-0.4, -0.2) is 73.2 Å². The summed E-state index contributed by atoms with van der Waals surface area (Å²) in [6, 6.07) is 4.88.